The van der Waals surface area contributed by atoms with E-state index in [4.69, 9.17) is 11.6 Å². The maximum atomic E-state index is 12.2. The summed E-state index contributed by atoms with van der Waals surface area (Å²) in [5, 5.41) is 10.1. The minimum absolute atomic E-state index is 0.0248. The zero-order chi connectivity index (χ0) is 14.4. The van der Waals surface area contributed by atoms with E-state index >= 15 is 0 Å². The van der Waals surface area contributed by atoms with Crippen molar-refractivity contribution < 1.29 is 9.90 Å². The van der Waals surface area contributed by atoms with Crippen molar-refractivity contribution in [2.45, 2.75) is 36.6 Å². The van der Waals surface area contributed by atoms with Crippen molar-refractivity contribution in [3.63, 3.8) is 0 Å². The molecule has 0 radical (unpaired) electrons. The first-order valence-corrected chi connectivity index (χ1v) is 8.36. The number of amides is 1. The Labute approximate surface area is 129 Å². The van der Waals surface area contributed by atoms with E-state index in [9.17, 15) is 9.90 Å². The maximum absolute atomic E-state index is 12.2. The molecule has 1 N–H and O–H groups in total. The minimum atomic E-state index is 0.0248. The Bertz CT molecular complexity index is 438. The molecule has 0 saturated carbocycles. The van der Waals surface area contributed by atoms with Crippen LogP contribution in [0.4, 0.5) is 0 Å². The first kappa shape index (κ1) is 15.7. The fraction of sp³-hybridized carbons (Fsp3) is 0.533. The highest BCUT2D eigenvalue weighted by Crippen LogP contribution is 2.22. The third-order valence-corrected chi connectivity index (χ3v) is 4.82. The Morgan fingerprint density at radius 1 is 1.35 bits per heavy atom. The number of aliphatic hydroxyl groups excluding tert-OH is 1. The number of benzene rings is 1. The monoisotopic (exact) mass is 313 g/mol. The molecule has 3 nitrogen and oxygen atoms in total. The SMILES string of the molecule is O=C(CCSc1ccc(Cl)cc1)N1CCCCC1CO. The van der Waals surface area contributed by atoms with Gasteiger partial charge in [-0.2, -0.15) is 0 Å². The van der Waals surface area contributed by atoms with Crippen molar-refractivity contribution in [3.05, 3.63) is 29.3 Å². The van der Waals surface area contributed by atoms with Crippen LogP contribution in [0.5, 0.6) is 0 Å². The molecule has 1 saturated heterocycles. The Kier molecular flexibility index (Phi) is 6.20. The van der Waals surface area contributed by atoms with Gasteiger partial charge in [0.2, 0.25) is 5.91 Å². The van der Waals surface area contributed by atoms with Crippen molar-refractivity contribution in [3.8, 4) is 0 Å². The minimum Gasteiger partial charge on any atom is -0.394 e. The summed E-state index contributed by atoms with van der Waals surface area (Å²) in [7, 11) is 0. The Morgan fingerprint density at radius 3 is 2.80 bits per heavy atom. The molecule has 1 aliphatic heterocycles. The van der Waals surface area contributed by atoms with Crippen LogP contribution in [0.1, 0.15) is 25.7 Å². The third kappa shape index (κ3) is 4.40. The normalized spacial score (nSPS) is 19.1. The van der Waals surface area contributed by atoms with E-state index in [1.165, 1.54) is 0 Å². The van der Waals surface area contributed by atoms with Gasteiger partial charge in [-0.3, -0.25) is 4.79 Å². The predicted octanol–water partition coefficient (Wildman–Crippen LogP) is 3.20. The third-order valence-electron chi connectivity index (χ3n) is 3.56. The molecule has 0 bridgehead atoms. The predicted molar refractivity (Wildman–Crippen MR) is 83.2 cm³/mol. The summed E-state index contributed by atoms with van der Waals surface area (Å²) in [6, 6.07) is 7.68. The number of hydrogen-bond donors (Lipinski definition) is 1. The number of aliphatic hydroxyl groups is 1. The van der Waals surface area contributed by atoms with Gasteiger partial charge in [0.1, 0.15) is 0 Å². The zero-order valence-electron chi connectivity index (χ0n) is 11.4. The van der Waals surface area contributed by atoms with Crippen LogP contribution >= 0.6 is 23.4 Å². The van der Waals surface area contributed by atoms with E-state index in [0.29, 0.717) is 6.42 Å². The smallest absolute Gasteiger partial charge is 0.223 e. The van der Waals surface area contributed by atoms with Gasteiger partial charge < -0.3 is 10.0 Å². The van der Waals surface area contributed by atoms with Crippen LogP contribution in [0.3, 0.4) is 0 Å². The second-order valence-electron chi connectivity index (χ2n) is 4.97. The topological polar surface area (TPSA) is 40.5 Å². The van der Waals surface area contributed by atoms with Crippen LogP contribution < -0.4 is 0 Å². The molecular weight excluding hydrogens is 294 g/mol. The van der Waals surface area contributed by atoms with Crippen molar-refractivity contribution in [2.75, 3.05) is 18.9 Å². The number of hydrogen-bond acceptors (Lipinski definition) is 3. The number of thioether (sulfide) groups is 1. The molecule has 1 amide bonds. The van der Waals surface area contributed by atoms with Gasteiger partial charge in [-0.05, 0) is 43.5 Å². The Morgan fingerprint density at radius 2 is 2.10 bits per heavy atom. The van der Waals surface area contributed by atoms with Gasteiger partial charge in [0.25, 0.3) is 0 Å². The maximum Gasteiger partial charge on any atom is 0.223 e. The molecule has 20 heavy (non-hydrogen) atoms. The Hall–Kier alpha value is -0.710. The first-order chi connectivity index (χ1) is 9.70. The van der Waals surface area contributed by atoms with Crippen molar-refractivity contribution in [1.29, 1.82) is 0 Å². The number of rotatable bonds is 5. The lowest BCUT2D eigenvalue weighted by atomic mass is 10.0. The number of likely N-dealkylation sites (tertiary alicyclic amines) is 1. The van der Waals surface area contributed by atoms with Crippen LogP contribution in [-0.2, 0) is 4.79 Å². The average molecular weight is 314 g/mol. The van der Waals surface area contributed by atoms with Gasteiger partial charge in [-0.25, -0.2) is 0 Å². The molecule has 0 aliphatic carbocycles. The number of halogens is 1. The molecule has 0 spiro atoms. The van der Waals surface area contributed by atoms with Crippen molar-refractivity contribution >= 4 is 29.3 Å². The van der Waals surface area contributed by atoms with E-state index in [-0.39, 0.29) is 18.6 Å². The van der Waals surface area contributed by atoms with Crippen molar-refractivity contribution in [1.82, 2.24) is 4.90 Å². The molecule has 0 aromatic heterocycles. The molecule has 2 rings (SSSR count). The van der Waals surface area contributed by atoms with Gasteiger partial charge in [0.05, 0.1) is 12.6 Å². The largest absolute Gasteiger partial charge is 0.394 e. The quantitative estimate of drug-likeness (QED) is 0.849. The molecule has 1 aromatic carbocycles. The molecular formula is C15H20ClNO2S. The summed E-state index contributed by atoms with van der Waals surface area (Å²) >= 11 is 7.50. The van der Waals surface area contributed by atoms with Gasteiger partial charge in [0, 0.05) is 28.6 Å². The molecule has 1 fully saturated rings. The molecule has 1 heterocycles. The number of carbonyl (C=O) groups excluding carboxylic acids is 1. The second kappa shape index (κ2) is 7.91. The second-order valence-corrected chi connectivity index (χ2v) is 6.58. The molecule has 1 aromatic rings. The van der Waals surface area contributed by atoms with E-state index in [1.54, 1.807) is 11.8 Å². The van der Waals surface area contributed by atoms with Crippen LogP contribution in [0.15, 0.2) is 29.2 Å². The lowest BCUT2D eigenvalue weighted by molar-refractivity contribution is -0.135. The number of nitrogens with zero attached hydrogens (tertiary/aromatic N) is 1. The lowest BCUT2D eigenvalue weighted by Gasteiger charge is -2.34. The standard InChI is InChI=1S/C15H20ClNO2S/c16-12-4-6-14(7-5-12)20-10-8-15(19)17-9-2-1-3-13(17)11-18/h4-7,13,18H,1-3,8-11H2. The average Bonchev–Trinajstić information content (AvgIpc) is 2.49. The molecule has 1 unspecified atom stereocenters. The molecule has 110 valence electrons. The van der Waals surface area contributed by atoms with Crippen LogP contribution in [0, 0.1) is 0 Å². The van der Waals surface area contributed by atoms with Crippen LogP contribution in [0.2, 0.25) is 5.02 Å². The van der Waals surface area contributed by atoms with Crippen molar-refractivity contribution in [2.24, 2.45) is 0 Å². The fourth-order valence-corrected chi connectivity index (χ4v) is 3.42. The van der Waals surface area contributed by atoms with Gasteiger partial charge in [-0.15, -0.1) is 11.8 Å². The summed E-state index contributed by atoms with van der Waals surface area (Å²) in [4.78, 5) is 15.2. The summed E-state index contributed by atoms with van der Waals surface area (Å²) in [5.74, 6) is 0.917. The zero-order valence-corrected chi connectivity index (χ0v) is 13.0. The highest BCUT2D eigenvalue weighted by atomic mass is 35.5. The number of piperidine rings is 1. The molecule has 1 atom stereocenters. The lowest BCUT2D eigenvalue weighted by Crippen LogP contribution is -2.45. The van der Waals surface area contributed by atoms with E-state index in [0.717, 1.165) is 41.5 Å². The van der Waals surface area contributed by atoms with Gasteiger partial charge >= 0.3 is 0 Å². The summed E-state index contributed by atoms with van der Waals surface area (Å²) in [6.07, 6.45) is 3.59. The van der Waals surface area contributed by atoms with E-state index < -0.39 is 0 Å². The first-order valence-electron chi connectivity index (χ1n) is 6.99. The van der Waals surface area contributed by atoms with Crippen LogP contribution in [0.25, 0.3) is 0 Å². The molecule has 5 heteroatoms. The van der Waals surface area contributed by atoms with Crippen LogP contribution in [-0.4, -0.2) is 40.9 Å². The van der Waals surface area contributed by atoms with Gasteiger partial charge in [-0.1, -0.05) is 11.6 Å². The number of carbonyl (C=O) groups is 1. The molecule has 1 aliphatic rings. The van der Waals surface area contributed by atoms with Gasteiger partial charge in [0.15, 0.2) is 0 Å². The summed E-state index contributed by atoms with van der Waals surface area (Å²) in [6.45, 7) is 0.867. The Balaban J connectivity index is 1.78. The van der Waals surface area contributed by atoms with E-state index in [1.807, 2.05) is 29.2 Å². The summed E-state index contributed by atoms with van der Waals surface area (Å²) < 4.78 is 0. The van der Waals surface area contributed by atoms with E-state index in [2.05, 4.69) is 0 Å². The highest BCUT2D eigenvalue weighted by Gasteiger charge is 2.25. The highest BCUT2D eigenvalue weighted by molar-refractivity contribution is 7.99. The summed E-state index contributed by atoms with van der Waals surface area (Å²) in [5.41, 5.74) is 0. The fourth-order valence-electron chi connectivity index (χ4n) is 2.45.